The molecule has 0 aromatic heterocycles. The maximum Gasteiger partial charge on any atom is 0.306 e. The first-order valence-electron chi connectivity index (χ1n) is 10.5. The average Bonchev–Trinajstić information content (AvgIpc) is 2.67. The second-order valence-corrected chi connectivity index (χ2v) is 7.27. The monoisotopic (exact) mass is 384 g/mol. The summed E-state index contributed by atoms with van der Waals surface area (Å²) in [6, 6.07) is 0. The largest absolute Gasteiger partial charge is 0.462 e. The number of unbranched alkanes of at least 4 members (excludes halogenated alkanes) is 3. The number of rotatable bonds is 11. The van der Waals surface area contributed by atoms with E-state index < -0.39 is 11.7 Å². The number of hydrogen-bond donors (Lipinski definition) is 0. The Morgan fingerprint density at radius 2 is 1.48 bits per heavy atom. The van der Waals surface area contributed by atoms with Crippen LogP contribution in [0.5, 0.6) is 0 Å². The zero-order valence-corrected chi connectivity index (χ0v) is 17.4. The third-order valence-corrected chi connectivity index (χ3v) is 5.16. The highest BCUT2D eigenvalue weighted by atomic mass is 16.6. The first kappa shape index (κ1) is 23.4. The Morgan fingerprint density at radius 3 is 2.07 bits per heavy atom. The molecule has 0 aliphatic heterocycles. The zero-order chi connectivity index (χ0) is 20.3. The Labute approximate surface area is 163 Å². The number of carbonyl (C=O) groups is 3. The second kappa shape index (κ2) is 12.0. The van der Waals surface area contributed by atoms with Gasteiger partial charge in [0.15, 0.2) is 0 Å². The third-order valence-electron chi connectivity index (χ3n) is 5.16. The van der Waals surface area contributed by atoms with Crippen molar-refractivity contribution in [1.29, 1.82) is 0 Å². The summed E-state index contributed by atoms with van der Waals surface area (Å²) in [6.07, 6.45) is 6.32. The average molecular weight is 385 g/mol. The lowest BCUT2D eigenvalue weighted by Gasteiger charge is -2.44. The van der Waals surface area contributed by atoms with Gasteiger partial charge in [0.25, 0.3) is 0 Å². The van der Waals surface area contributed by atoms with Crippen LogP contribution >= 0.6 is 0 Å². The molecule has 1 rings (SSSR count). The molecule has 1 saturated carbocycles. The van der Waals surface area contributed by atoms with Crippen molar-refractivity contribution >= 4 is 17.9 Å². The number of hydrogen-bond acceptors (Lipinski definition) is 6. The molecule has 0 amide bonds. The van der Waals surface area contributed by atoms with Crippen LogP contribution in [0.2, 0.25) is 0 Å². The number of esters is 3. The molecule has 1 fully saturated rings. The smallest absolute Gasteiger partial charge is 0.306 e. The van der Waals surface area contributed by atoms with Crippen LogP contribution in [0.15, 0.2) is 0 Å². The molecule has 1 aliphatic rings. The van der Waals surface area contributed by atoms with E-state index in [1.165, 1.54) is 0 Å². The molecule has 27 heavy (non-hydrogen) atoms. The molecule has 0 radical (unpaired) electrons. The van der Waals surface area contributed by atoms with Gasteiger partial charge in [0.1, 0.15) is 17.8 Å². The first-order valence-corrected chi connectivity index (χ1v) is 10.5. The van der Waals surface area contributed by atoms with Gasteiger partial charge in [0.05, 0.1) is 0 Å². The van der Waals surface area contributed by atoms with Crippen LogP contribution in [0.25, 0.3) is 0 Å². The van der Waals surface area contributed by atoms with Gasteiger partial charge in [-0.15, -0.1) is 0 Å². The van der Waals surface area contributed by atoms with Gasteiger partial charge in [0.2, 0.25) is 0 Å². The van der Waals surface area contributed by atoms with E-state index in [1.54, 1.807) is 20.8 Å². The quantitative estimate of drug-likeness (QED) is 0.297. The van der Waals surface area contributed by atoms with E-state index in [2.05, 4.69) is 6.92 Å². The molecule has 1 aliphatic carbocycles. The van der Waals surface area contributed by atoms with E-state index in [0.717, 1.165) is 25.7 Å². The lowest BCUT2D eigenvalue weighted by molar-refractivity contribution is -0.205. The normalized spacial score (nSPS) is 24.9. The molecule has 0 bridgehead atoms. The highest BCUT2D eigenvalue weighted by Crippen LogP contribution is 2.40. The van der Waals surface area contributed by atoms with Crippen molar-refractivity contribution in [2.45, 2.75) is 116 Å². The maximum absolute atomic E-state index is 12.1. The summed E-state index contributed by atoms with van der Waals surface area (Å²) >= 11 is 0. The van der Waals surface area contributed by atoms with Crippen LogP contribution in [-0.2, 0) is 28.6 Å². The van der Waals surface area contributed by atoms with Crippen molar-refractivity contribution in [1.82, 2.24) is 0 Å². The van der Waals surface area contributed by atoms with Gasteiger partial charge in [0, 0.05) is 25.7 Å². The van der Waals surface area contributed by atoms with E-state index in [9.17, 15) is 14.4 Å². The maximum atomic E-state index is 12.1. The van der Waals surface area contributed by atoms with Gasteiger partial charge in [-0.2, -0.15) is 0 Å². The molecule has 3 atom stereocenters. The van der Waals surface area contributed by atoms with Crippen LogP contribution in [0.3, 0.4) is 0 Å². The van der Waals surface area contributed by atoms with Crippen molar-refractivity contribution < 1.29 is 28.6 Å². The Kier molecular flexibility index (Phi) is 10.4. The predicted molar refractivity (Wildman–Crippen MR) is 102 cm³/mol. The van der Waals surface area contributed by atoms with Crippen molar-refractivity contribution in [3.05, 3.63) is 0 Å². The van der Waals surface area contributed by atoms with Gasteiger partial charge in [-0.05, 0) is 25.7 Å². The van der Waals surface area contributed by atoms with E-state index in [-0.39, 0.29) is 36.9 Å². The van der Waals surface area contributed by atoms with Gasteiger partial charge < -0.3 is 14.2 Å². The summed E-state index contributed by atoms with van der Waals surface area (Å²) in [4.78, 5) is 35.8. The SMILES string of the molecule is CCCCCCC1(OC(=O)CC)CCC(OC(=O)CC)CC1OC(=O)CC. The fraction of sp³-hybridized carbons (Fsp3) is 0.857. The summed E-state index contributed by atoms with van der Waals surface area (Å²) in [5, 5.41) is 0. The molecular weight excluding hydrogens is 348 g/mol. The van der Waals surface area contributed by atoms with Crippen LogP contribution in [0.1, 0.15) is 98.3 Å². The summed E-state index contributed by atoms with van der Waals surface area (Å²) < 4.78 is 17.1. The molecule has 0 N–H and O–H groups in total. The molecule has 0 spiro atoms. The summed E-state index contributed by atoms with van der Waals surface area (Å²) in [5.74, 6) is -0.874. The van der Waals surface area contributed by atoms with Crippen molar-refractivity contribution in [3.63, 3.8) is 0 Å². The summed E-state index contributed by atoms with van der Waals surface area (Å²) in [7, 11) is 0. The molecule has 6 nitrogen and oxygen atoms in total. The highest BCUT2D eigenvalue weighted by Gasteiger charge is 2.49. The van der Waals surface area contributed by atoms with Gasteiger partial charge in [-0.25, -0.2) is 0 Å². The highest BCUT2D eigenvalue weighted by molar-refractivity contribution is 5.71. The van der Waals surface area contributed by atoms with E-state index >= 15 is 0 Å². The van der Waals surface area contributed by atoms with Crippen LogP contribution in [0, 0.1) is 0 Å². The van der Waals surface area contributed by atoms with Crippen molar-refractivity contribution in [2.75, 3.05) is 0 Å². The third kappa shape index (κ3) is 7.51. The van der Waals surface area contributed by atoms with E-state index in [1.807, 2.05) is 0 Å². The summed E-state index contributed by atoms with van der Waals surface area (Å²) in [5.41, 5.74) is -0.819. The Hall–Kier alpha value is -1.59. The topological polar surface area (TPSA) is 78.9 Å². The fourth-order valence-electron chi connectivity index (χ4n) is 3.52. The molecule has 0 aromatic rings. The fourth-order valence-corrected chi connectivity index (χ4v) is 3.52. The van der Waals surface area contributed by atoms with E-state index in [0.29, 0.717) is 32.1 Å². The van der Waals surface area contributed by atoms with Gasteiger partial charge in [-0.1, -0.05) is 47.0 Å². The van der Waals surface area contributed by atoms with Gasteiger partial charge in [-0.3, -0.25) is 14.4 Å². The molecule has 0 aromatic carbocycles. The predicted octanol–water partition coefficient (Wildman–Crippen LogP) is 4.48. The second-order valence-electron chi connectivity index (χ2n) is 7.27. The Balaban J connectivity index is 2.99. The lowest BCUT2D eigenvalue weighted by Crippen LogP contribution is -2.54. The molecule has 3 unspecified atom stereocenters. The standard InChI is InChI=1S/C21H36O6/c1-5-9-10-11-13-21(27-20(24)8-4)14-12-16(25-18(22)6-2)15-17(21)26-19(23)7-3/h16-17H,5-15H2,1-4H3. The van der Waals surface area contributed by atoms with Gasteiger partial charge >= 0.3 is 17.9 Å². The minimum Gasteiger partial charge on any atom is -0.462 e. The zero-order valence-electron chi connectivity index (χ0n) is 17.4. The molecule has 0 saturated heterocycles. The molecule has 156 valence electrons. The summed E-state index contributed by atoms with van der Waals surface area (Å²) in [6.45, 7) is 7.39. The number of ether oxygens (including phenoxy) is 3. The Morgan fingerprint density at radius 1 is 0.852 bits per heavy atom. The molecule has 6 heteroatoms. The lowest BCUT2D eigenvalue weighted by atomic mass is 9.77. The van der Waals surface area contributed by atoms with Crippen molar-refractivity contribution in [2.24, 2.45) is 0 Å². The van der Waals surface area contributed by atoms with Crippen molar-refractivity contribution in [3.8, 4) is 0 Å². The van der Waals surface area contributed by atoms with E-state index in [4.69, 9.17) is 14.2 Å². The number of carbonyl (C=O) groups excluding carboxylic acids is 3. The van der Waals surface area contributed by atoms with Crippen LogP contribution in [-0.4, -0.2) is 35.7 Å². The van der Waals surface area contributed by atoms with Crippen LogP contribution < -0.4 is 0 Å². The van der Waals surface area contributed by atoms with Crippen LogP contribution in [0.4, 0.5) is 0 Å². The molecule has 0 heterocycles. The minimum atomic E-state index is -0.819. The Bertz CT molecular complexity index is 489. The first-order chi connectivity index (χ1) is 12.9. The minimum absolute atomic E-state index is 0.254. The molecular formula is C21H36O6.